The second kappa shape index (κ2) is 7.81. The average molecular weight is 334 g/mol. The monoisotopic (exact) mass is 334 g/mol. The summed E-state index contributed by atoms with van der Waals surface area (Å²) in [6, 6.07) is 7.85. The fourth-order valence-corrected chi connectivity index (χ4v) is 3.73. The number of ether oxygens (including phenoxy) is 2. The molecule has 7 heteroatoms. The van der Waals surface area contributed by atoms with Crippen LogP contribution in [0.4, 0.5) is 0 Å². The summed E-state index contributed by atoms with van der Waals surface area (Å²) in [6.07, 6.45) is 2.36. The van der Waals surface area contributed by atoms with Crippen molar-refractivity contribution >= 4 is 11.8 Å². The zero-order chi connectivity index (χ0) is 16.1. The summed E-state index contributed by atoms with van der Waals surface area (Å²) in [6.45, 7) is 2.08. The Morgan fingerprint density at radius 2 is 2.17 bits per heavy atom. The molecule has 0 radical (unpaired) electrons. The molecule has 2 aromatic rings. The lowest BCUT2D eigenvalue weighted by Gasteiger charge is -2.21. The summed E-state index contributed by atoms with van der Waals surface area (Å²) >= 11 is 1.72. The average Bonchev–Trinajstić information content (AvgIpc) is 3.04. The normalized spacial score (nSPS) is 18.1. The second-order valence-corrected chi connectivity index (χ2v) is 6.52. The van der Waals surface area contributed by atoms with Gasteiger partial charge in [-0.1, -0.05) is 11.8 Å². The van der Waals surface area contributed by atoms with E-state index in [1.54, 1.807) is 18.9 Å². The van der Waals surface area contributed by atoms with Crippen LogP contribution in [0.3, 0.4) is 0 Å². The van der Waals surface area contributed by atoms with Gasteiger partial charge in [-0.3, -0.25) is 4.57 Å². The minimum atomic E-state index is 0.353. The Balaban J connectivity index is 1.78. The van der Waals surface area contributed by atoms with Crippen LogP contribution in [-0.4, -0.2) is 40.8 Å². The summed E-state index contributed by atoms with van der Waals surface area (Å²) in [5.74, 6) is 3.15. The van der Waals surface area contributed by atoms with Crippen molar-refractivity contribution in [3.63, 3.8) is 0 Å². The Kier molecular flexibility index (Phi) is 5.53. The lowest BCUT2D eigenvalue weighted by atomic mass is 10.1. The molecule has 2 heterocycles. The maximum absolute atomic E-state index is 5.82. The molecule has 0 bridgehead atoms. The fourth-order valence-electron chi connectivity index (χ4n) is 2.65. The summed E-state index contributed by atoms with van der Waals surface area (Å²) < 4.78 is 12.8. The third-order valence-electron chi connectivity index (χ3n) is 3.92. The molecule has 6 nitrogen and oxygen atoms in total. The highest BCUT2D eigenvalue weighted by Crippen LogP contribution is 2.27. The van der Waals surface area contributed by atoms with Gasteiger partial charge in [0.05, 0.1) is 20.3 Å². The summed E-state index contributed by atoms with van der Waals surface area (Å²) in [5, 5.41) is 9.41. The fraction of sp³-hybridized carbons (Fsp3) is 0.500. The van der Waals surface area contributed by atoms with Crippen LogP contribution in [0.15, 0.2) is 29.4 Å². The molecule has 1 aromatic carbocycles. The van der Waals surface area contributed by atoms with Gasteiger partial charge in [0, 0.05) is 18.0 Å². The molecule has 0 aliphatic carbocycles. The van der Waals surface area contributed by atoms with Gasteiger partial charge in [-0.2, -0.15) is 0 Å². The van der Waals surface area contributed by atoms with Gasteiger partial charge in [0.25, 0.3) is 0 Å². The van der Waals surface area contributed by atoms with Gasteiger partial charge in [-0.25, -0.2) is 0 Å². The summed E-state index contributed by atoms with van der Waals surface area (Å²) in [7, 11) is 1.66. The molecule has 1 aromatic heterocycles. The van der Waals surface area contributed by atoms with E-state index in [0.29, 0.717) is 12.5 Å². The summed E-state index contributed by atoms with van der Waals surface area (Å²) in [5.41, 5.74) is 6.82. The Morgan fingerprint density at radius 1 is 1.35 bits per heavy atom. The molecule has 23 heavy (non-hydrogen) atoms. The number of methoxy groups -OCH3 is 1. The first-order chi connectivity index (χ1) is 11.3. The van der Waals surface area contributed by atoms with E-state index in [4.69, 9.17) is 15.2 Å². The zero-order valence-electron chi connectivity index (χ0n) is 13.3. The number of nitrogens with two attached hydrogens (primary N) is 1. The van der Waals surface area contributed by atoms with Crippen LogP contribution >= 0.6 is 11.8 Å². The highest BCUT2D eigenvalue weighted by molar-refractivity contribution is 7.99. The van der Waals surface area contributed by atoms with Crippen molar-refractivity contribution in [1.82, 2.24) is 14.8 Å². The molecule has 1 aliphatic heterocycles. The SMILES string of the molecule is COc1ccc(-n2c(CN)nnc2SCC2CCCOC2)cc1. The maximum Gasteiger partial charge on any atom is 0.195 e. The van der Waals surface area contributed by atoms with Gasteiger partial charge in [-0.05, 0) is 43.0 Å². The molecule has 1 aliphatic rings. The third kappa shape index (κ3) is 3.85. The van der Waals surface area contributed by atoms with E-state index in [-0.39, 0.29) is 0 Å². The molecular formula is C16H22N4O2S. The van der Waals surface area contributed by atoms with Crippen LogP contribution in [0.5, 0.6) is 5.75 Å². The number of thioether (sulfide) groups is 1. The van der Waals surface area contributed by atoms with Gasteiger partial charge in [0.1, 0.15) is 5.75 Å². The van der Waals surface area contributed by atoms with Gasteiger partial charge in [-0.15, -0.1) is 10.2 Å². The number of hydrogen-bond acceptors (Lipinski definition) is 6. The highest BCUT2D eigenvalue weighted by Gasteiger charge is 2.18. The lowest BCUT2D eigenvalue weighted by Crippen LogP contribution is -2.19. The first kappa shape index (κ1) is 16.3. The van der Waals surface area contributed by atoms with Crippen LogP contribution in [0.1, 0.15) is 18.7 Å². The molecule has 1 unspecified atom stereocenters. The van der Waals surface area contributed by atoms with Gasteiger partial charge in [0.2, 0.25) is 0 Å². The number of benzene rings is 1. The van der Waals surface area contributed by atoms with Crippen molar-refractivity contribution < 1.29 is 9.47 Å². The first-order valence-corrected chi connectivity index (χ1v) is 8.79. The topological polar surface area (TPSA) is 75.2 Å². The molecule has 2 N–H and O–H groups in total. The quantitative estimate of drug-likeness (QED) is 0.817. The van der Waals surface area contributed by atoms with E-state index in [1.807, 2.05) is 28.8 Å². The molecule has 0 amide bonds. The lowest BCUT2D eigenvalue weighted by molar-refractivity contribution is 0.0632. The van der Waals surface area contributed by atoms with Crippen molar-refractivity contribution in [2.75, 3.05) is 26.1 Å². The maximum atomic E-state index is 5.82. The van der Waals surface area contributed by atoms with E-state index >= 15 is 0 Å². The van der Waals surface area contributed by atoms with Crippen LogP contribution in [0.2, 0.25) is 0 Å². The van der Waals surface area contributed by atoms with E-state index in [9.17, 15) is 0 Å². The Morgan fingerprint density at radius 3 is 2.83 bits per heavy atom. The van der Waals surface area contributed by atoms with E-state index in [1.165, 1.54) is 6.42 Å². The van der Waals surface area contributed by atoms with Crippen LogP contribution < -0.4 is 10.5 Å². The minimum absolute atomic E-state index is 0.353. The highest BCUT2D eigenvalue weighted by atomic mass is 32.2. The molecular weight excluding hydrogens is 312 g/mol. The largest absolute Gasteiger partial charge is 0.497 e. The molecule has 1 atom stereocenters. The number of rotatable bonds is 6. The van der Waals surface area contributed by atoms with Crippen LogP contribution in [0.25, 0.3) is 5.69 Å². The molecule has 0 saturated carbocycles. The van der Waals surface area contributed by atoms with Crippen molar-refractivity contribution in [2.45, 2.75) is 24.5 Å². The summed E-state index contributed by atoms with van der Waals surface area (Å²) in [4.78, 5) is 0. The van der Waals surface area contributed by atoms with Gasteiger partial charge in [0.15, 0.2) is 11.0 Å². The molecule has 124 valence electrons. The molecule has 1 saturated heterocycles. The third-order valence-corrected chi connectivity index (χ3v) is 5.08. The van der Waals surface area contributed by atoms with E-state index < -0.39 is 0 Å². The zero-order valence-corrected chi connectivity index (χ0v) is 14.1. The Bertz CT molecular complexity index is 624. The van der Waals surface area contributed by atoms with Crippen LogP contribution in [0, 0.1) is 5.92 Å². The molecule has 1 fully saturated rings. The standard InChI is InChI=1S/C16H22N4O2S/c1-21-14-6-4-13(5-7-14)20-15(9-17)18-19-16(20)23-11-12-3-2-8-22-10-12/h4-7,12H,2-3,8-11,17H2,1H3. The predicted molar refractivity (Wildman–Crippen MR) is 90.1 cm³/mol. The van der Waals surface area contributed by atoms with Crippen LogP contribution in [-0.2, 0) is 11.3 Å². The van der Waals surface area contributed by atoms with Gasteiger partial charge >= 0.3 is 0 Å². The van der Waals surface area contributed by atoms with Crippen molar-refractivity contribution in [2.24, 2.45) is 11.7 Å². The Labute approximate surface area is 140 Å². The first-order valence-electron chi connectivity index (χ1n) is 7.81. The number of hydrogen-bond donors (Lipinski definition) is 1. The Hall–Kier alpha value is -1.57. The van der Waals surface area contributed by atoms with E-state index in [0.717, 1.165) is 47.8 Å². The predicted octanol–water partition coefficient (Wildman–Crippen LogP) is 2.25. The number of aromatic nitrogens is 3. The van der Waals surface area contributed by atoms with Crippen molar-refractivity contribution in [3.8, 4) is 11.4 Å². The van der Waals surface area contributed by atoms with E-state index in [2.05, 4.69) is 10.2 Å². The van der Waals surface area contributed by atoms with Crippen molar-refractivity contribution in [3.05, 3.63) is 30.1 Å². The minimum Gasteiger partial charge on any atom is -0.497 e. The smallest absolute Gasteiger partial charge is 0.195 e. The number of nitrogens with zero attached hydrogens (tertiary/aromatic N) is 3. The van der Waals surface area contributed by atoms with Gasteiger partial charge < -0.3 is 15.2 Å². The van der Waals surface area contributed by atoms with Crippen molar-refractivity contribution in [1.29, 1.82) is 0 Å². The molecule has 0 spiro atoms. The second-order valence-electron chi connectivity index (χ2n) is 5.53. The molecule has 3 rings (SSSR count).